The largest absolute Gasteiger partial charge is 0.370 e. The van der Waals surface area contributed by atoms with Gasteiger partial charge >= 0.3 is 0 Å². The van der Waals surface area contributed by atoms with Crippen molar-refractivity contribution in [3.05, 3.63) is 64.7 Å². The summed E-state index contributed by atoms with van der Waals surface area (Å²) >= 11 is 6.34. The molecular weight excluding hydrogens is 518 g/mol. The van der Waals surface area contributed by atoms with Gasteiger partial charge in [0.05, 0.1) is 12.0 Å². The number of nitrogens with zero attached hydrogens (tertiary/aromatic N) is 2. The number of benzene rings is 2. The number of hydrogen-bond donors (Lipinski definition) is 3. The van der Waals surface area contributed by atoms with Crippen LogP contribution >= 0.6 is 11.6 Å². The van der Waals surface area contributed by atoms with E-state index in [-0.39, 0.29) is 31.3 Å². The van der Waals surface area contributed by atoms with Crippen molar-refractivity contribution in [3.63, 3.8) is 0 Å². The zero-order chi connectivity index (χ0) is 28.4. The molecule has 2 aromatic rings. The highest BCUT2D eigenvalue weighted by molar-refractivity contribution is 6.31. The number of nitrogens with two attached hydrogens (primary N) is 2. The minimum absolute atomic E-state index is 0.0690. The van der Waals surface area contributed by atoms with Crippen molar-refractivity contribution in [1.82, 2.24) is 10.2 Å². The van der Waals surface area contributed by atoms with Crippen LogP contribution in [0.4, 0.5) is 5.69 Å². The first-order valence-electron chi connectivity index (χ1n) is 13.4. The maximum Gasteiger partial charge on any atom is 0.236 e. The van der Waals surface area contributed by atoms with Crippen molar-refractivity contribution in [2.75, 3.05) is 38.2 Å². The number of primary amides is 1. The van der Waals surface area contributed by atoms with Crippen LogP contribution in [0.1, 0.15) is 43.7 Å². The summed E-state index contributed by atoms with van der Waals surface area (Å²) in [5, 5.41) is 3.68. The van der Waals surface area contributed by atoms with Crippen LogP contribution < -0.4 is 21.7 Å². The predicted octanol–water partition coefficient (Wildman–Crippen LogP) is 2.83. The Morgan fingerprint density at radius 1 is 1.13 bits per heavy atom. The summed E-state index contributed by atoms with van der Waals surface area (Å²) in [6.07, 6.45) is 1.83. The number of carbonyl (C=O) groups excluding carboxylic acids is 3. The van der Waals surface area contributed by atoms with E-state index >= 15 is 0 Å². The quantitative estimate of drug-likeness (QED) is 0.325. The lowest BCUT2D eigenvalue weighted by Gasteiger charge is -2.45. The van der Waals surface area contributed by atoms with E-state index < -0.39 is 17.6 Å². The molecule has 1 unspecified atom stereocenters. The van der Waals surface area contributed by atoms with Crippen molar-refractivity contribution in [2.45, 2.75) is 51.8 Å². The van der Waals surface area contributed by atoms with Crippen molar-refractivity contribution < 1.29 is 19.1 Å². The summed E-state index contributed by atoms with van der Waals surface area (Å²) in [5.74, 6) is -0.676. The number of anilines is 1. The van der Waals surface area contributed by atoms with Gasteiger partial charge in [-0.25, -0.2) is 0 Å². The molecule has 0 bridgehead atoms. The van der Waals surface area contributed by atoms with Gasteiger partial charge in [-0.3, -0.25) is 14.4 Å². The van der Waals surface area contributed by atoms with Crippen LogP contribution in [0.3, 0.4) is 0 Å². The molecule has 0 radical (unpaired) electrons. The monoisotopic (exact) mass is 557 g/mol. The Hall–Kier alpha value is -3.14. The number of aryl methyl sites for hydroxylation is 1. The first kappa shape index (κ1) is 30.4. The Kier molecular flexibility index (Phi) is 11.2. The van der Waals surface area contributed by atoms with Gasteiger partial charge in [0.15, 0.2) is 0 Å². The molecule has 1 atom stereocenters. The first-order valence-corrected chi connectivity index (χ1v) is 13.8. The first-order chi connectivity index (χ1) is 18.7. The summed E-state index contributed by atoms with van der Waals surface area (Å²) in [6.45, 7) is 3.46. The molecule has 3 rings (SSSR count). The second-order valence-electron chi connectivity index (χ2n) is 9.98. The Morgan fingerprint density at radius 2 is 1.79 bits per heavy atom. The fourth-order valence-corrected chi connectivity index (χ4v) is 5.25. The number of ether oxygens (including phenoxy) is 1. The third-order valence-electron chi connectivity index (χ3n) is 7.53. The molecule has 3 amide bonds. The summed E-state index contributed by atoms with van der Waals surface area (Å²) in [6, 6.07) is 15.5. The molecule has 212 valence electrons. The highest BCUT2D eigenvalue weighted by Gasteiger charge is 2.44. The molecule has 10 heteroatoms. The van der Waals surface area contributed by atoms with Crippen LogP contribution in [0.25, 0.3) is 0 Å². The van der Waals surface area contributed by atoms with Crippen molar-refractivity contribution in [3.8, 4) is 0 Å². The fraction of sp³-hybridized carbons (Fsp3) is 0.483. The average molecular weight is 558 g/mol. The van der Waals surface area contributed by atoms with Gasteiger partial charge < -0.3 is 31.3 Å². The molecule has 9 nitrogen and oxygen atoms in total. The minimum atomic E-state index is -0.834. The molecule has 0 aromatic heterocycles. The summed E-state index contributed by atoms with van der Waals surface area (Å²) in [4.78, 5) is 41.7. The number of hydrogen-bond acceptors (Lipinski definition) is 6. The predicted molar refractivity (Wildman–Crippen MR) is 153 cm³/mol. The van der Waals surface area contributed by atoms with Crippen LogP contribution in [0.2, 0.25) is 5.02 Å². The van der Waals surface area contributed by atoms with E-state index in [9.17, 15) is 14.4 Å². The molecule has 0 aliphatic carbocycles. The molecule has 1 fully saturated rings. The molecule has 1 aliphatic rings. The smallest absolute Gasteiger partial charge is 0.236 e. The van der Waals surface area contributed by atoms with Crippen molar-refractivity contribution in [2.24, 2.45) is 16.9 Å². The number of nitrogens with one attached hydrogen (secondary N) is 1. The minimum Gasteiger partial charge on any atom is -0.370 e. The third-order valence-corrected chi connectivity index (χ3v) is 7.90. The van der Waals surface area contributed by atoms with Gasteiger partial charge in [0.2, 0.25) is 17.7 Å². The zero-order valence-electron chi connectivity index (χ0n) is 22.8. The number of carbonyl (C=O) groups is 3. The third kappa shape index (κ3) is 7.94. The Labute approximate surface area is 235 Å². The number of rotatable bonds is 13. The number of piperidine rings is 1. The zero-order valence-corrected chi connectivity index (χ0v) is 23.6. The molecule has 1 heterocycles. The standard InChI is InChI=1S/C29H40ClN5O4/c1-3-21-8-10-23(11-9-21)35(27(39-2)13-12-25(32)36)20-29(14-16-34(17-15-29)26(37)18-31)28(38)33-19-22-6-4-5-7-24(22)30/h4-11,27H,3,12-20,31H2,1-2H3,(H2,32,36)(H,33,38). The Morgan fingerprint density at radius 3 is 2.36 bits per heavy atom. The van der Waals surface area contributed by atoms with Gasteiger partial charge in [-0.1, -0.05) is 48.9 Å². The van der Waals surface area contributed by atoms with Crippen LogP contribution in [-0.4, -0.2) is 62.1 Å². The van der Waals surface area contributed by atoms with E-state index in [1.54, 1.807) is 18.1 Å². The highest BCUT2D eigenvalue weighted by atomic mass is 35.5. The van der Waals surface area contributed by atoms with Crippen LogP contribution in [0.5, 0.6) is 0 Å². The normalized spacial score (nSPS) is 15.4. The van der Waals surface area contributed by atoms with Gasteiger partial charge in [-0.2, -0.15) is 0 Å². The molecule has 0 spiro atoms. The van der Waals surface area contributed by atoms with Crippen LogP contribution in [-0.2, 0) is 32.1 Å². The van der Waals surface area contributed by atoms with Gasteiger partial charge in [-0.15, -0.1) is 0 Å². The second kappa shape index (κ2) is 14.3. The average Bonchev–Trinajstić information content (AvgIpc) is 2.96. The van der Waals surface area contributed by atoms with Gasteiger partial charge in [0.25, 0.3) is 0 Å². The maximum atomic E-state index is 14.0. The van der Waals surface area contributed by atoms with Crippen LogP contribution in [0.15, 0.2) is 48.5 Å². The molecule has 1 aliphatic heterocycles. The van der Waals surface area contributed by atoms with Gasteiger partial charge in [-0.05, 0) is 48.6 Å². The highest BCUT2D eigenvalue weighted by Crippen LogP contribution is 2.36. The molecule has 0 saturated carbocycles. The number of methoxy groups -OCH3 is 1. The van der Waals surface area contributed by atoms with Crippen LogP contribution in [0, 0.1) is 5.41 Å². The van der Waals surface area contributed by atoms with E-state index in [4.69, 9.17) is 27.8 Å². The van der Waals surface area contributed by atoms with E-state index in [0.29, 0.717) is 43.9 Å². The summed E-state index contributed by atoms with van der Waals surface area (Å²) in [5.41, 5.74) is 13.1. The van der Waals surface area contributed by atoms with Gasteiger partial charge in [0, 0.05) is 56.8 Å². The van der Waals surface area contributed by atoms with E-state index in [1.165, 1.54) is 5.56 Å². The van der Waals surface area contributed by atoms with Crippen molar-refractivity contribution >= 4 is 35.0 Å². The molecular formula is C29H40ClN5O4. The van der Waals surface area contributed by atoms with Gasteiger partial charge in [0.1, 0.15) is 6.23 Å². The molecule has 1 saturated heterocycles. The topological polar surface area (TPSA) is 131 Å². The van der Waals surface area contributed by atoms with E-state index in [1.807, 2.05) is 35.2 Å². The SMILES string of the molecule is CCc1ccc(N(CC2(C(=O)NCc3ccccc3Cl)CCN(C(=O)CN)CC2)C(CCC(N)=O)OC)cc1. The number of halogens is 1. The van der Waals surface area contributed by atoms with E-state index in [2.05, 4.69) is 24.4 Å². The number of amides is 3. The maximum absolute atomic E-state index is 14.0. The molecule has 5 N–H and O–H groups in total. The lowest BCUT2D eigenvalue weighted by Crippen LogP contribution is -2.57. The Bertz CT molecular complexity index is 1120. The lowest BCUT2D eigenvalue weighted by atomic mass is 9.76. The fourth-order valence-electron chi connectivity index (χ4n) is 5.05. The molecule has 2 aromatic carbocycles. The summed E-state index contributed by atoms with van der Waals surface area (Å²) < 4.78 is 5.85. The second-order valence-corrected chi connectivity index (χ2v) is 10.4. The number of likely N-dealkylation sites (tertiary alicyclic amines) is 1. The Balaban J connectivity index is 1.94. The summed E-state index contributed by atoms with van der Waals surface area (Å²) in [7, 11) is 1.59. The van der Waals surface area contributed by atoms with E-state index in [0.717, 1.165) is 17.7 Å². The molecule has 39 heavy (non-hydrogen) atoms. The van der Waals surface area contributed by atoms with Crippen molar-refractivity contribution in [1.29, 1.82) is 0 Å². The lowest BCUT2D eigenvalue weighted by molar-refractivity contribution is -0.139.